The van der Waals surface area contributed by atoms with Crippen molar-refractivity contribution in [3.63, 3.8) is 0 Å². The highest BCUT2D eigenvalue weighted by Crippen LogP contribution is 2.29. The largest absolute Gasteiger partial charge is 0.481 e. The third-order valence-corrected chi connectivity index (χ3v) is 6.17. The van der Waals surface area contributed by atoms with E-state index >= 15 is 0 Å². The van der Waals surface area contributed by atoms with Gasteiger partial charge in [-0.1, -0.05) is 30.2 Å². The highest BCUT2D eigenvalue weighted by atomic mass is 33.1. The summed E-state index contributed by atoms with van der Waals surface area (Å²) in [6.07, 6.45) is 3.83. The van der Waals surface area contributed by atoms with E-state index in [9.17, 15) is 19.5 Å². The maximum atomic E-state index is 12.0. The van der Waals surface area contributed by atoms with Crippen molar-refractivity contribution in [2.24, 2.45) is 11.7 Å². The first kappa shape index (κ1) is 25.3. The smallest absolute Gasteiger partial charge is 0.307 e. The number of unbranched alkanes of at least 4 members (excludes halogenated alkanes) is 1. The van der Waals surface area contributed by atoms with E-state index in [1.54, 1.807) is 6.20 Å². The molecule has 29 heavy (non-hydrogen) atoms. The summed E-state index contributed by atoms with van der Waals surface area (Å²) >= 11 is 0. The van der Waals surface area contributed by atoms with Crippen molar-refractivity contribution in [3.05, 3.63) is 24.4 Å². The molecule has 1 aromatic heterocycles. The molecule has 1 aromatic rings. The number of pyridine rings is 1. The number of aromatic nitrogens is 1. The Morgan fingerprint density at radius 3 is 2.76 bits per heavy atom. The second-order valence-electron chi connectivity index (χ2n) is 6.39. The van der Waals surface area contributed by atoms with Crippen LogP contribution in [0.5, 0.6) is 0 Å². The van der Waals surface area contributed by atoms with Crippen LogP contribution in [0.4, 0.5) is 0 Å². The van der Waals surface area contributed by atoms with Crippen LogP contribution < -0.4 is 11.1 Å². The molecule has 0 aliphatic carbocycles. The van der Waals surface area contributed by atoms with E-state index in [0.717, 1.165) is 5.03 Å². The Morgan fingerprint density at radius 1 is 1.31 bits per heavy atom. The summed E-state index contributed by atoms with van der Waals surface area (Å²) in [4.78, 5) is 39.0. The average Bonchev–Trinajstić information content (AvgIpc) is 2.71. The number of esters is 1. The van der Waals surface area contributed by atoms with Gasteiger partial charge in [0.25, 0.3) is 0 Å². The molecule has 0 spiro atoms. The fourth-order valence-corrected chi connectivity index (χ4v) is 4.31. The molecule has 2 unspecified atom stereocenters. The molecule has 2 atom stereocenters. The molecule has 0 aromatic carbocycles. The molecule has 0 aliphatic rings. The van der Waals surface area contributed by atoms with Crippen LogP contribution in [0.15, 0.2) is 29.4 Å². The van der Waals surface area contributed by atoms with Gasteiger partial charge in [0, 0.05) is 18.5 Å². The van der Waals surface area contributed by atoms with E-state index in [-0.39, 0.29) is 12.3 Å². The maximum Gasteiger partial charge on any atom is 0.307 e. The second-order valence-corrected chi connectivity index (χ2v) is 8.75. The van der Waals surface area contributed by atoms with Gasteiger partial charge in [0.05, 0.1) is 25.0 Å². The number of aliphatic carboxylic acids is 1. The first-order valence-corrected chi connectivity index (χ1v) is 11.9. The number of nitrogens with zero attached hydrogens (tertiary/aromatic N) is 1. The Hall–Kier alpha value is -1.78. The van der Waals surface area contributed by atoms with Crippen LogP contribution in [0.25, 0.3) is 0 Å². The molecule has 10 heteroatoms. The molecule has 1 heterocycles. The second kappa shape index (κ2) is 15.1. The third kappa shape index (κ3) is 11.7. The minimum Gasteiger partial charge on any atom is -0.481 e. The Bertz CT molecular complexity index is 634. The van der Waals surface area contributed by atoms with E-state index in [1.165, 1.54) is 21.6 Å². The molecular weight excluding hydrogens is 414 g/mol. The molecule has 1 amide bonds. The van der Waals surface area contributed by atoms with Gasteiger partial charge in [0.1, 0.15) is 5.03 Å². The number of carbonyl (C=O) groups excluding carboxylic acids is 2. The number of hydrogen-bond donors (Lipinski definition) is 3. The lowest BCUT2D eigenvalue weighted by molar-refractivity contribution is -0.151. The van der Waals surface area contributed by atoms with Crippen LogP contribution in [0, 0.1) is 5.92 Å². The molecule has 0 saturated carbocycles. The van der Waals surface area contributed by atoms with Crippen LogP contribution in [0.2, 0.25) is 0 Å². The molecule has 0 aliphatic heterocycles. The third-order valence-electron chi connectivity index (χ3n) is 3.87. The van der Waals surface area contributed by atoms with Gasteiger partial charge in [0.2, 0.25) is 5.91 Å². The number of carboxylic acid groups (broad SMARTS) is 1. The molecule has 1 rings (SSSR count). The topological polar surface area (TPSA) is 132 Å². The van der Waals surface area contributed by atoms with Crippen molar-refractivity contribution in [2.75, 3.05) is 18.9 Å². The van der Waals surface area contributed by atoms with E-state index in [0.29, 0.717) is 44.6 Å². The number of rotatable bonds is 15. The quantitative estimate of drug-likeness (QED) is 0.212. The van der Waals surface area contributed by atoms with Gasteiger partial charge in [-0.3, -0.25) is 14.4 Å². The molecule has 8 nitrogen and oxygen atoms in total. The number of nitrogens with one attached hydrogen (secondary N) is 1. The van der Waals surface area contributed by atoms with Crippen LogP contribution in [-0.4, -0.2) is 52.9 Å². The normalized spacial score (nSPS) is 12.8. The Balaban J connectivity index is 2.17. The lowest BCUT2D eigenvalue weighted by Gasteiger charge is -2.13. The fraction of sp³-hybridized carbons (Fsp3) is 0.579. The zero-order valence-electron chi connectivity index (χ0n) is 16.5. The molecule has 0 fully saturated rings. The Kier molecular flexibility index (Phi) is 13.2. The predicted molar refractivity (Wildman–Crippen MR) is 114 cm³/mol. The first-order valence-electron chi connectivity index (χ1n) is 9.56. The van der Waals surface area contributed by atoms with Gasteiger partial charge in [-0.2, -0.15) is 0 Å². The minimum absolute atomic E-state index is 0.127. The predicted octanol–water partition coefficient (Wildman–Crippen LogP) is 2.48. The number of carbonyl (C=O) groups is 3. The highest BCUT2D eigenvalue weighted by molar-refractivity contribution is 8.76. The van der Waals surface area contributed by atoms with Gasteiger partial charge in [-0.25, -0.2) is 4.98 Å². The summed E-state index contributed by atoms with van der Waals surface area (Å²) in [5.74, 6) is -2.05. The summed E-state index contributed by atoms with van der Waals surface area (Å²) in [5.41, 5.74) is 5.88. The van der Waals surface area contributed by atoms with Crippen molar-refractivity contribution < 1.29 is 24.2 Å². The molecule has 0 saturated heterocycles. The molecule has 0 bridgehead atoms. The van der Waals surface area contributed by atoms with Gasteiger partial charge in [-0.05, 0) is 42.2 Å². The molecule has 162 valence electrons. The molecular formula is C19H29N3O5S2. The van der Waals surface area contributed by atoms with E-state index in [2.05, 4.69) is 10.3 Å². The van der Waals surface area contributed by atoms with Crippen molar-refractivity contribution >= 4 is 39.4 Å². The minimum atomic E-state index is -1.01. The van der Waals surface area contributed by atoms with Gasteiger partial charge in [0.15, 0.2) is 0 Å². The van der Waals surface area contributed by atoms with Gasteiger partial charge >= 0.3 is 11.9 Å². The zero-order valence-corrected chi connectivity index (χ0v) is 18.2. The summed E-state index contributed by atoms with van der Waals surface area (Å²) in [6, 6.07) is 4.99. The Morgan fingerprint density at radius 2 is 2.10 bits per heavy atom. The average molecular weight is 444 g/mol. The van der Waals surface area contributed by atoms with E-state index in [4.69, 9.17) is 10.5 Å². The fourth-order valence-electron chi connectivity index (χ4n) is 2.29. The van der Waals surface area contributed by atoms with Crippen LogP contribution >= 0.6 is 21.6 Å². The van der Waals surface area contributed by atoms with Crippen molar-refractivity contribution in [1.82, 2.24) is 10.3 Å². The summed E-state index contributed by atoms with van der Waals surface area (Å²) in [5, 5.41) is 12.8. The number of carboxylic acids is 1. The van der Waals surface area contributed by atoms with E-state index in [1.807, 2.05) is 25.1 Å². The summed E-state index contributed by atoms with van der Waals surface area (Å²) in [7, 11) is 2.93. The number of nitrogens with two attached hydrogens (primary N) is 1. The molecule has 4 N–H and O–H groups in total. The monoisotopic (exact) mass is 443 g/mol. The highest BCUT2D eigenvalue weighted by Gasteiger charge is 2.21. The standard InChI is InChI=1S/C19H29N3O5S2/c1-2-11-27-17(23)12-14(19(25)26)7-3-5-10-22-18(24)15(20)13-28-29-16-8-4-6-9-21-16/h4,6,8-9,14-15H,2-3,5,7,10-13,20H2,1H3,(H,22,24)(H,25,26). The van der Waals surface area contributed by atoms with Gasteiger partial charge in [-0.15, -0.1) is 0 Å². The lowest BCUT2D eigenvalue weighted by atomic mass is 9.98. The summed E-state index contributed by atoms with van der Waals surface area (Å²) in [6.45, 7) is 2.59. The lowest BCUT2D eigenvalue weighted by Crippen LogP contribution is -2.42. The zero-order chi connectivity index (χ0) is 21.5. The van der Waals surface area contributed by atoms with E-state index < -0.39 is 23.9 Å². The van der Waals surface area contributed by atoms with Crippen LogP contribution in [-0.2, 0) is 19.1 Å². The number of hydrogen-bond acceptors (Lipinski definition) is 8. The summed E-state index contributed by atoms with van der Waals surface area (Å²) < 4.78 is 4.94. The number of ether oxygens (including phenoxy) is 1. The first-order chi connectivity index (χ1) is 13.9. The van der Waals surface area contributed by atoms with Crippen molar-refractivity contribution in [2.45, 2.75) is 50.1 Å². The van der Waals surface area contributed by atoms with Crippen molar-refractivity contribution in [3.8, 4) is 0 Å². The maximum absolute atomic E-state index is 12.0. The van der Waals surface area contributed by atoms with Crippen molar-refractivity contribution in [1.29, 1.82) is 0 Å². The van der Waals surface area contributed by atoms with Gasteiger partial charge < -0.3 is 20.9 Å². The van der Waals surface area contributed by atoms with Crippen LogP contribution in [0.1, 0.15) is 39.0 Å². The Labute approximate surface area is 179 Å². The molecule has 0 radical (unpaired) electrons. The van der Waals surface area contributed by atoms with Crippen LogP contribution in [0.3, 0.4) is 0 Å². The number of amides is 1. The SMILES string of the molecule is CCCOC(=O)CC(CCCCNC(=O)C(N)CSSc1ccccn1)C(=O)O.